The van der Waals surface area contributed by atoms with Gasteiger partial charge >= 0.3 is 0 Å². The molecule has 1 saturated carbocycles. The first-order valence-electron chi connectivity index (χ1n) is 7.72. The quantitative estimate of drug-likeness (QED) is 0.917. The summed E-state index contributed by atoms with van der Waals surface area (Å²) in [6.45, 7) is 3.27. The van der Waals surface area contributed by atoms with Crippen LogP contribution < -0.4 is 5.32 Å². The molecule has 1 aliphatic heterocycles. The molecule has 2 aliphatic rings. The minimum atomic E-state index is 0.0914. The number of aromatic nitrogens is 1. The largest absolute Gasteiger partial charge is 0.325 e. The number of piperidine rings is 1. The number of rotatable bonds is 4. The fourth-order valence-electron chi connectivity index (χ4n) is 3.64. The van der Waals surface area contributed by atoms with Gasteiger partial charge < -0.3 is 10.2 Å². The summed E-state index contributed by atoms with van der Waals surface area (Å²) in [7, 11) is 0. The predicted octanol–water partition coefficient (Wildman–Crippen LogP) is 2.53. The predicted molar refractivity (Wildman–Crippen MR) is 79.4 cm³/mol. The van der Waals surface area contributed by atoms with Crippen LogP contribution in [-0.4, -0.2) is 35.4 Å². The minimum absolute atomic E-state index is 0.0914. The lowest BCUT2D eigenvalue weighted by molar-refractivity contribution is -0.116. The third-order valence-electron chi connectivity index (χ3n) is 4.52. The van der Waals surface area contributed by atoms with E-state index in [1.165, 1.54) is 38.8 Å². The third-order valence-corrected chi connectivity index (χ3v) is 4.52. The van der Waals surface area contributed by atoms with Gasteiger partial charge in [-0.15, -0.1) is 0 Å². The molecule has 2 bridgehead atoms. The zero-order valence-electron chi connectivity index (χ0n) is 11.9. The summed E-state index contributed by atoms with van der Waals surface area (Å²) in [5.74, 6) is 1.85. The first-order chi connectivity index (χ1) is 9.79. The van der Waals surface area contributed by atoms with E-state index in [0.29, 0.717) is 6.42 Å². The molecule has 1 saturated heterocycles. The average molecular weight is 273 g/mol. The second-order valence-corrected chi connectivity index (χ2v) is 6.20. The van der Waals surface area contributed by atoms with Gasteiger partial charge in [-0.3, -0.25) is 9.78 Å². The summed E-state index contributed by atoms with van der Waals surface area (Å²) >= 11 is 0. The topological polar surface area (TPSA) is 45.2 Å². The van der Waals surface area contributed by atoms with Gasteiger partial charge in [0.15, 0.2) is 0 Å². The molecule has 0 radical (unpaired) electrons. The Morgan fingerprint density at radius 2 is 2.15 bits per heavy atom. The molecule has 0 aromatic carbocycles. The molecule has 2 fully saturated rings. The van der Waals surface area contributed by atoms with Crippen molar-refractivity contribution in [2.45, 2.75) is 32.1 Å². The number of carbonyl (C=O) groups excluding carboxylic acids is 1. The van der Waals surface area contributed by atoms with Crippen molar-refractivity contribution < 1.29 is 4.79 Å². The van der Waals surface area contributed by atoms with Gasteiger partial charge in [-0.25, -0.2) is 0 Å². The summed E-state index contributed by atoms with van der Waals surface area (Å²) in [4.78, 5) is 18.4. The maximum atomic E-state index is 11.9. The van der Waals surface area contributed by atoms with Gasteiger partial charge in [0.1, 0.15) is 0 Å². The van der Waals surface area contributed by atoms with Crippen LogP contribution in [0.15, 0.2) is 24.5 Å². The van der Waals surface area contributed by atoms with Crippen LogP contribution in [0.3, 0.4) is 0 Å². The van der Waals surface area contributed by atoms with E-state index in [-0.39, 0.29) is 5.91 Å². The van der Waals surface area contributed by atoms with Crippen molar-refractivity contribution >= 4 is 11.6 Å². The molecule has 2 heterocycles. The Kier molecular flexibility index (Phi) is 4.31. The van der Waals surface area contributed by atoms with Crippen LogP contribution in [-0.2, 0) is 4.79 Å². The number of fused-ring (bicyclic) bond motifs is 2. The van der Waals surface area contributed by atoms with Gasteiger partial charge in [-0.2, -0.15) is 0 Å². The highest BCUT2D eigenvalue weighted by molar-refractivity contribution is 5.90. The van der Waals surface area contributed by atoms with Crippen molar-refractivity contribution in [3.8, 4) is 0 Å². The Bertz CT molecular complexity index is 436. The molecule has 20 heavy (non-hydrogen) atoms. The smallest absolute Gasteiger partial charge is 0.225 e. The molecule has 1 aliphatic carbocycles. The Morgan fingerprint density at radius 3 is 2.85 bits per heavy atom. The number of anilines is 1. The molecular formula is C16H23N3O. The van der Waals surface area contributed by atoms with E-state index in [1.54, 1.807) is 12.4 Å². The molecule has 1 aromatic heterocycles. The average Bonchev–Trinajstić information content (AvgIpc) is 2.46. The van der Waals surface area contributed by atoms with Crippen LogP contribution in [0.2, 0.25) is 0 Å². The van der Waals surface area contributed by atoms with E-state index in [0.717, 1.165) is 24.1 Å². The second kappa shape index (κ2) is 6.35. The van der Waals surface area contributed by atoms with E-state index in [1.807, 2.05) is 12.1 Å². The first kappa shape index (κ1) is 13.6. The maximum Gasteiger partial charge on any atom is 0.225 e. The summed E-state index contributed by atoms with van der Waals surface area (Å²) < 4.78 is 0. The highest BCUT2D eigenvalue weighted by Gasteiger charge is 2.30. The number of carbonyl (C=O) groups is 1. The van der Waals surface area contributed by atoms with Crippen molar-refractivity contribution in [1.82, 2.24) is 9.88 Å². The van der Waals surface area contributed by atoms with E-state index in [4.69, 9.17) is 0 Å². The molecule has 4 heteroatoms. The molecule has 108 valence electrons. The Labute approximate surface area is 120 Å². The van der Waals surface area contributed by atoms with E-state index < -0.39 is 0 Å². The third kappa shape index (κ3) is 3.57. The molecule has 1 aromatic rings. The van der Waals surface area contributed by atoms with E-state index in [9.17, 15) is 4.79 Å². The van der Waals surface area contributed by atoms with Gasteiger partial charge in [0.2, 0.25) is 5.91 Å². The number of nitrogens with one attached hydrogen (secondary N) is 1. The molecule has 2 atom stereocenters. The molecule has 0 unspecified atom stereocenters. The van der Waals surface area contributed by atoms with Gasteiger partial charge in [0, 0.05) is 32.3 Å². The first-order valence-corrected chi connectivity index (χ1v) is 7.72. The van der Waals surface area contributed by atoms with Crippen molar-refractivity contribution in [2.75, 3.05) is 25.0 Å². The van der Waals surface area contributed by atoms with Crippen LogP contribution >= 0.6 is 0 Å². The molecule has 4 nitrogen and oxygen atoms in total. The van der Waals surface area contributed by atoms with Crippen LogP contribution in [0.4, 0.5) is 5.69 Å². The maximum absolute atomic E-state index is 11.9. The van der Waals surface area contributed by atoms with Crippen molar-refractivity contribution in [1.29, 1.82) is 0 Å². The van der Waals surface area contributed by atoms with Crippen LogP contribution in [0, 0.1) is 11.8 Å². The number of nitrogens with zero attached hydrogens (tertiary/aromatic N) is 2. The monoisotopic (exact) mass is 273 g/mol. The summed E-state index contributed by atoms with van der Waals surface area (Å²) in [5.41, 5.74) is 0.785. The van der Waals surface area contributed by atoms with E-state index >= 15 is 0 Å². The molecule has 3 rings (SSSR count). The standard InChI is InChI=1S/C16H23N3O/c20-16(18-15-5-2-7-17-10-15)6-8-19-11-13-3-1-4-14(9-13)12-19/h2,5,7,10,13-14H,1,3-4,6,8-9,11-12H2,(H,18,20)/t13-,14+. The summed E-state index contributed by atoms with van der Waals surface area (Å²) in [5, 5.41) is 2.90. The SMILES string of the molecule is O=C(CCN1C[C@@H]2CCC[C@@H](C2)C1)Nc1cccnc1. The zero-order chi connectivity index (χ0) is 13.8. The molecular weight excluding hydrogens is 250 g/mol. The summed E-state index contributed by atoms with van der Waals surface area (Å²) in [6, 6.07) is 3.71. The van der Waals surface area contributed by atoms with Gasteiger partial charge in [0.05, 0.1) is 11.9 Å². The number of hydrogen-bond donors (Lipinski definition) is 1. The van der Waals surface area contributed by atoms with Crippen LogP contribution in [0.5, 0.6) is 0 Å². The highest BCUT2D eigenvalue weighted by Crippen LogP contribution is 2.34. The number of amides is 1. The molecule has 0 spiro atoms. The normalized spacial score (nSPS) is 26.2. The molecule has 1 N–H and O–H groups in total. The van der Waals surface area contributed by atoms with Crippen LogP contribution in [0.1, 0.15) is 32.1 Å². The fraction of sp³-hybridized carbons (Fsp3) is 0.625. The second-order valence-electron chi connectivity index (χ2n) is 6.20. The minimum Gasteiger partial charge on any atom is -0.325 e. The van der Waals surface area contributed by atoms with Crippen molar-refractivity contribution in [3.05, 3.63) is 24.5 Å². The lowest BCUT2D eigenvalue weighted by Gasteiger charge is -2.41. The Morgan fingerprint density at radius 1 is 1.35 bits per heavy atom. The van der Waals surface area contributed by atoms with Gasteiger partial charge in [-0.05, 0) is 43.2 Å². The zero-order valence-corrected chi connectivity index (χ0v) is 11.9. The van der Waals surface area contributed by atoms with Crippen molar-refractivity contribution in [2.24, 2.45) is 11.8 Å². The fourth-order valence-corrected chi connectivity index (χ4v) is 3.64. The molecule has 1 amide bonds. The number of pyridine rings is 1. The van der Waals surface area contributed by atoms with Crippen LogP contribution in [0.25, 0.3) is 0 Å². The lowest BCUT2D eigenvalue weighted by Crippen LogP contribution is -2.43. The van der Waals surface area contributed by atoms with Gasteiger partial charge in [0.25, 0.3) is 0 Å². The van der Waals surface area contributed by atoms with Crippen molar-refractivity contribution in [3.63, 3.8) is 0 Å². The van der Waals surface area contributed by atoms with E-state index in [2.05, 4.69) is 15.2 Å². The lowest BCUT2D eigenvalue weighted by atomic mass is 9.78. The highest BCUT2D eigenvalue weighted by atomic mass is 16.1. The Balaban J connectivity index is 1.44. The number of likely N-dealkylation sites (tertiary alicyclic amines) is 1. The Hall–Kier alpha value is -1.42. The summed E-state index contributed by atoms with van der Waals surface area (Å²) in [6.07, 6.45) is 9.56. The number of hydrogen-bond acceptors (Lipinski definition) is 3. The van der Waals surface area contributed by atoms with Gasteiger partial charge in [-0.1, -0.05) is 6.42 Å².